The summed E-state index contributed by atoms with van der Waals surface area (Å²) in [5.74, 6) is -1.11. The molecule has 1 aliphatic rings. The van der Waals surface area contributed by atoms with Gasteiger partial charge in [-0.1, -0.05) is 18.2 Å². The number of para-hydroxylation sites is 1. The van der Waals surface area contributed by atoms with Crippen LogP contribution < -0.4 is 10.1 Å². The van der Waals surface area contributed by atoms with E-state index in [-0.39, 0.29) is 6.54 Å². The number of hydrogen-bond donors (Lipinski definition) is 2. The van der Waals surface area contributed by atoms with Gasteiger partial charge in [0.1, 0.15) is 11.8 Å². The number of ether oxygens (including phenoxy) is 1. The molecular formula is C13H14N2O5. The minimum atomic E-state index is -1.14. The van der Waals surface area contributed by atoms with Gasteiger partial charge in [-0.2, -0.15) is 0 Å². The normalized spacial score (nSPS) is 18.1. The van der Waals surface area contributed by atoms with Gasteiger partial charge in [0, 0.05) is 5.56 Å². The van der Waals surface area contributed by atoms with E-state index in [1.807, 2.05) is 0 Å². The molecule has 0 radical (unpaired) electrons. The van der Waals surface area contributed by atoms with Crippen molar-refractivity contribution in [2.75, 3.05) is 7.11 Å². The smallest absolute Gasteiger partial charge is 0.325 e. The van der Waals surface area contributed by atoms with Crippen LogP contribution in [0.25, 0.3) is 0 Å². The summed E-state index contributed by atoms with van der Waals surface area (Å²) in [6, 6.07) is 5.42. The lowest BCUT2D eigenvalue weighted by Crippen LogP contribution is -2.32. The fourth-order valence-electron chi connectivity index (χ4n) is 2.04. The molecule has 0 aliphatic carbocycles. The number of carbonyl (C=O) groups is 3. The summed E-state index contributed by atoms with van der Waals surface area (Å²) in [5.41, 5.74) is 0.675. The molecule has 106 valence electrons. The molecule has 0 aromatic heterocycles. The fraction of sp³-hybridized carbons (Fsp3) is 0.308. The Kier molecular flexibility index (Phi) is 3.88. The van der Waals surface area contributed by atoms with Crippen molar-refractivity contribution < 1.29 is 24.2 Å². The molecule has 1 saturated heterocycles. The van der Waals surface area contributed by atoms with E-state index in [9.17, 15) is 14.4 Å². The maximum atomic E-state index is 12.0. The second-order valence-electron chi connectivity index (χ2n) is 4.34. The van der Waals surface area contributed by atoms with Crippen LogP contribution in [0.3, 0.4) is 0 Å². The molecule has 1 heterocycles. The summed E-state index contributed by atoms with van der Waals surface area (Å²) in [6.07, 6.45) is -0.424. The van der Waals surface area contributed by atoms with Gasteiger partial charge in [0.2, 0.25) is 0 Å². The molecule has 3 amide bonds. The van der Waals surface area contributed by atoms with Crippen molar-refractivity contribution in [3.8, 4) is 5.75 Å². The topological polar surface area (TPSA) is 95.9 Å². The van der Waals surface area contributed by atoms with Crippen molar-refractivity contribution >= 4 is 17.9 Å². The lowest BCUT2D eigenvalue weighted by Gasteiger charge is -2.15. The third-order valence-electron chi connectivity index (χ3n) is 3.01. The first-order chi connectivity index (χ1) is 9.52. The lowest BCUT2D eigenvalue weighted by molar-refractivity contribution is -0.140. The highest BCUT2D eigenvalue weighted by atomic mass is 16.5. The van der Waals surface area contributed by atoms with Gasteiger partial charge in [-0.15, -0.1) is 0 Å². The molecule has 20 heavy (non-hydrogen) atoms. The molecular weight excluding hydrogens is 264 g/mol. The summed E-state index contributed by atoms with van der Waals surface area (Å²) in [4.78, 5) is 35.4. The van der Waals surface area contributed by atoms with E-state index < -0.39 is 30.4 Å². The number of urea groups is 1. The lowest BCUT2D eigenvalue weighted by atomic mass is 10.1. The molecule has 0 unspecified atom stereocenters. The molecule has 1 aromatic rings. The van der Waals surface area contributed by atoms with Crippen LogP contribution in [0, 0.1) is 0 Å². The van der Waals surface area contributed by atoms with Crippen molar-refractivity contribution in [2.45, 2.75) is 19.0 Å². The first kappa shape index (κ1) is 13.9. The minimum Gasteiger partial charge on any atom is -0.496 e. The molecule has 1 aliphatic heterocycles. The van der Waals surface area contributed by atoms with E-state index >= 15 is 0 Å². The highest BCUT2D eigenvalue weighted by Crippen LogP contribution is 2.21. The van der Waals surface area contributed by atoms with Gasteiger partial charge >= 0.3 is 12.0 Å². The van der Waals surface area contributed by atoms with Crippen LogP contribution in [0.2, 0.25) is 0 Å². The van der Waals surface area contributed by atoms with E-state index in [1.54, 1.807) is 24.3 Å². The zero-order valence-corrected chi connectivity index (χ0v) is 10.8. The molecule has 0 spiro atoms. The number of imide groups is 1. The molecule has 2 N–H and O–H groups in total. The average Bonchev–Trinajstić information content (AvgIpc) is 2.66. The van der Waals surface area contributed by atoms with Crippen molar-refractivity contribution in [1.82, 2.24) is 10.2 Å². The van der Waals surface area contributed by atoms with Gasteiger partial charge in [0.15, 0.2) is 0 Å². The van der Waals surface area contributed by atoms with Crippen molar-refractivity contribution in [1.29, 1.82) is 0 Å². The summed E-state index contributed by atoms with van der Waals surface area (Å²) in [6.45, 7) is 0.0464. The molecule has 7 nitrogen and oxygen atoms in total. The maximum Gasteiger partial charge on any atom is 0.325 e. The van der Waals surface area contributed by atoms with Crippen molar-refractivity contribution in [3.63, 3.8) is 0 Å². The van der Waals surface area contributed by atoms with Crippen LogP contribution in [0.15, 0.2) is 24.3 Å². The number of nitrogens with one attached hydrogen (secondary N) is 1. The molecule has 1 fully saturated rings. The minimum absolute atomic E-state index is 0.0464. The second-order valence-corrected chi connectivity index (χ2v) is 4.34. The predicted molar refractivity (Wildman–Crippen MR) is 68.1 cm³/mol. The fourth-order valence-corrected chi connectivity index (χ4v) is 2.04. The summed E-state index contributed by atoms with van der Waals surface area (Å²) in [5, 5.41) is 11.1. The maximum absolute atomic E-state index is 12.0. The number of benzene rings is 1. The number of hydrogen-bond acceptors (Lipinski definition) is 4. The zero-order chi connectivity index (χ0) is 14.7. The first-order valence-electron chi connectivity index (χ1n) is 5.98. The van der Waals surface area contributed by atoms with Gasteiger partial charge in [0.25, 0.3) is 5.91 Å². The van der Waals surface area contributed by atoms with E-state index in [1.165, 1.54) is 7.11 Å². The molecule has 1 aromatic carbocycles. The zero-order valence-electron chi connectivity index (χ0n) is 10.8. The molecule has 7 heteroatoms. The third-order valence-corrected chi connectivity index (χ3v) is 3.01. The van der Waals surface area contributed by atoms with Gasteiger partial charge < -0.3 is 15.2 Å². The van der Waals surface area contributed by atoms with E-state index in [0.29, 0.717) is 11.3 Å². The Morgan fingerprint density at radius 3 is 2.75 bits per heavy atom. The highest BCUT2D eigenvalue weighted by Gasteiger charge is 2.39. The van der Waals surface area contributed by atoms with Gasteiger partial charge in [-0.05, 0) is 6.07 Å². The van der Waals surface area contributed by atoms with Crippen LogP contribution in [0.5, 0.6) is 5.75 Å². The number of carbonyl (C=O) groups excluding carboxylic acids is 2. The van der Waals surface area contributed by atoms with Crippen LogP contribution in [-0.4, -0.2) is 41.1 Å². The summed E-state index contributed by atoms with van der Waals surface area (Å²) in [7, 11) is 1.50. The second kappa shape index (κ2) is 5.60. The summed E-state index contributed by atoms with van der Waals surface area (Å²) < 4.78 is 5.15. The third kappa shape index (κ3) is 2.71. The average molecular weight is 278 g/mol. The highest BCUT2D eigenvalue weighted by molar-refractivity contribution is 6.05. The monoisotopic (exact) mass is 278 g/mol. The van der Waals surface area contributed by atoms with Crippen LogP contribution in [0.1, 0.15) is 12.0 Å². The number of nitrogens with zero attached hydrogens (tertiary/aromatic N) is 1. The standard InChI is InChI=1S/C13H14N2O5/c1-20-10-5-3-2-4-8(10)7-15-12(18)9(6-11(16)17)14-13(15)19/h2-5,9H,6-7H2,1H3,(H,14,19)(H,16,17)/t9-/m1/s1. The Morgan fingerprint density at radius 2 is 2.10 bits per heavy atom. The van der Waals surface area contributed by atoms with Crippen molar-refractivity contribution in [2.24, 2.45) is 0 Å². The van der Waals surface area contributed by atoms with E-state index in [2.05, 4.69) is 5.32 Å². The Labute approximate surface area is 115 Å². The van der Waals surface area contributed by atoms with Crippen LogP contribution in [-0.2, 0) is 16.1 Å². The van der Waals surface area contributed by atoms with Crippen LogP contribution in [0.4, 0.5) is 4.79 Å². The number of amides is 3. The number of carboxylic acid groups (broad SMARTS) is 1. The molecule has 2 rings (SSSR count). The molecule has 0 bridgehead atoms. The van der Waals surface area contributed by atoms with E-state index in [4.69, 9.17) is 9.84 Å². The largest absolute Gasteiger partial charge is 0.496 e. The molecule has 0 saturated carbocycles. The van der Waals surface area contributed by atoms with E-state index in [0.717, 1.165) is 4.90 Å². The Bertz CT molecular complexity index is 557. The Hall–Kier alpha value is -2.57. The number of methoxy groups -OCH3 is 1. The van der Waals surface area contributed by atoms with Gasteiger partial charge in [0.05, 0.1) is 20.1 Å². The van der Waals surface area contributed by atoms with Gasteiger partial charge in [-0.3, -0.25) is 14.5 Å². The number of rotatable bonds is 5. The SMILES string of the molecule is COc1ccccc1CN1C(=O)N[C@H](CC(=O)O)C1=O. The first-order valence-corrected chi connectivity index (χ1v) is 5.98. The van der Waals surface area contributed by atoms with Crippen molar-refractivity contribution in [3.05, 3.63) is 29.8 Å². The Balaban J connectivity index is 2.15. The molecule has 1 atom stereocenters. The van der Waals surface area contributed by atoms with Gasteiger partial charge in [-0.25, -0.2) is 4.79 Å². The number of aliphatic carboxylic acids is 1. The number of carboxylic acids is 1. The predicted octanol–water partition coefficient (Wildman–Crippen LogP) is 0.590. The Morgan fingerprint density at radius 1 is 1.40 bits per heavy atom. The van der Waals surface area contributed by atoms with Crippen LogP contribution >= 0.6 is 0 Å². The quantitative estimate of drug-likeness (QED) is 0.768. The summed E-state index contributed by atoms with van der Waals surface area (Å²) >= 11 is 0.